The summed E-state index contributed by atoms with van der Waals surface area (Å²) < 4.78 is 31.8. The van der Waals surface area contributed by atoms with Crippen molar-refractivity contribution in [1.29, 1.82) is 0 Å². The average molecular weight is 424 g/mol. The van der Waals surface area contributed by atoms with Crippen molar-refractivity contribution in [3.63, 3.8) is 0 Å². The standard InChI is InChI=1S/C19H25N3O4S2/c1-14-3-4-16(13-15(14)2)27-12-11-21-7-9-22(10-8-21)28(24,25)18-6-5-17(26-18)19(20)23/h3-6,13H,7-12H2,1-2H3,(H2,20,23). The smallest absolute Gasteiger partial charge is 0.284 e. The van der Waals surface area contributed by atoms with Crippen LogP contribution in [0.1, 0.15) is 21.7 Å². The lowest BCUT2D eigenvalue weighted by Crippen LogP contribution is -2.49. The molecule has 1 amide bonds. The van der Waals surface area contributed by atoms with Crippen LogP contribution in [-0.2, 0) is 10.0 Å². The molecule has 7 nitrogen and oxygen atoms in total. The molecule has 3 rings (SSSR count). The van der Waals surface area contributed by atoms with Crippen molar-refractivity contribution >= 4 is 27.7 Å². The van der Waals surface area contributed by atoms with Gasteiger partial charge in [-0.15, -0.1) is 11.8 Å². The highest BCUT2D eigenvalue weighted by Crippen LogP contribution is 2.22. The molecule has 28 heavy (non-hydrogen) atoms. The molecule has 1 saturated heterocycles. The number of aryl methyl sites for hydroxylation is 2. The molecule has 9 heteroatoms. The van der Waals surface area contributed by atoms with Gasteiger partial charge in [-0.3, -0.25) is 9.69 Å². The van der Waals surface area contributed by atoms with Crippen LogP contribution in [0.2, 0.25) is 0 Å². The van der Waals surface area contributed by atoms with Crippen molar-refractivity contribution in [3.8, 4) is 0 Å². The second-order valence-corrected chi connectivity index (χ2v) is 9.86. The summed E-state index contributed by atoms with van der Waals surface area (Å²) in [6.45, 7) is 7.23. The van der Waals surface area contributed by atoms with Crippen LogP contribution < -0.4 is 5.73 Å². The van der Waals surface area contributed by atoms with E-state index < -0.39 is 15.9 Å². The van der Waals surface area contributed by atoms with Crippen LogP contribution >= 0.6 is 11.8 Å². The maximum atomic E-state index is 12.6. The number of sulfonamides is 1. The molecule has 0 unspecified atom stereocenters. The number of hydrogen-bond donors (Lipinski definition) is 1. The van der Waals surface area contributed by atoms with E-state index in [-0.39, 0.29) is 10.9 Å². The van der Waals surface area contributed by atoms with E-state index in [0.29, 0.717) is 26.2 Å². The fourth-order valence-electron chi connectivity index (χ4n) is 3.01. The molecule has 1 aromatic heterocycles. The minimum Gasteiger partial charge on any atom is -0.438 e. The average Bonchev–Trinajstić information content (AvgIpc) is 3.16. The van der Waals surface area contributed by atoms with Crippen molar-refractivity contribution in [2.75, 3.05) is 38.5 Å². The lowest BCUT2D eigenvalue weighted by Gasteiger charge is -2.33. The summed E-state index contributed by atoms with van der Waals surface area (Å²) in [6, 6.07) is 9.05. The maximum absolute atomic E-state index is 12.6. The first-order valence-corrected chi connectivity index (χ1v) is 11.5. The summed E-state index contributed by atoms with van der Waals surface area (Å²) in [5.74, 6) is 0.0168. The highest BCUT2D eigenvalue weighted by atomic mass is 32.2. The summed E-state index contributed by atoms with van der Waals surface area (Å²) in [5, 5.41) is -0.236. The van der Waals surface area contributed by atoms with Crippen LogP contribution in [0.3, 0.4) is 0 Å². The van der Waals surface area contributed by atoms with Gasteiger partial charge in [0.05, 0.1) is 0 Å². The second-order valence-electron chi connectivity index (χ2n) is 6.82. The maximum Gasteiger partial charge on any atom is 0.284 e. The van der Waals surface area contributed by atoms with E-state index >= 15 is 0 Å². The topological polar surface area (TPSA) is 96.9 Å². The summed E-state index contributed by atoms with van der Waals surface area (Å²) in [7, 11) is -3.74. The lowest BCUT2D eigenvalue weighted by molar-refractivity contribution is 0.0968. The van der Waals surface area contributed by atoms with Crippen LogP contribution in [0.15, 0.2) is 44.7 Å². The van der Waals surface area contributed by atoms with Gasteiger partial charge in [0.2, 0.25) is 5.09 Å². The summed E-state index contributed by atoms with van der Waals surface area (Å²) in [5.41, 5.74) is 7.71. The third-order valence-electron chi connectivity index (χ3n) is 4.90. The number of furan rings is 1. The van der Waals surface area contributed by atoms with Crippen molar-refractivity contribution in [3.05, 3.63) is 47.2 Å². The Labute approximate surface area is 169 Å². The molecule has 0 bridgehead atoms. The minimum atomic E-state index is -3.74. The van der Waals surface area contributed by atoms with Crippen LogP contribution in [0.5, 0.6) is 0 Å². The van der Waals surface area contributed by atoms with Gasteiger partial charge in [-0.05, 0) is 49.2 Å². The Bertz CT molecular complexity index is 948. The number of hydrogen-bond acceptors (Lipinski definition) is 6. The van der Waals surface area contributed by atoms with E-state index in [2.05, 4.69) is 36.9 Å². The molecule has 0 saturated carbocycles. The molecular weight excluding hydrogens is 398 g/mol. The summed E-state index contributed by atoms with van der Waals surface area (Å²) in [6.07, 6.45) is 0. The third kappa shape index (κ3) is 4.78. The molecule has 0 spiro atoms. The van der Waals surface area contributed by atoms with Crippen molar-refractivity contribution in [1.82, 2.24) is 9.21 Å². The molecule has 2 aromatic rings. The Hall–Kier alpha value is -1.81. The quantitative estimate of drug-likeness (QED) is 0.685. The normalized spacial score (nSPS) is 16.4. The Morgan fingerprint density at radius 1 is 1.11 bits per heavy atom. The number of carbonyl (C=O) groups excluding carboxylic acids is 1. The number of carbonyl (C=O) groups is 1. The van der Waals surface area contributed by atoms with Gasteiger partial charge in [0.1, 0.15) is 0 Å². The van der Waals surface area contributed by atoms with Gasteiger partial charge in [0, 0.05) is 43.4 Å². The fraction of sp³-hybridized carbons (Fsp3) is 0.421. The van der Waals surface area contributed by atoms with E-state index in [1.54, 1.807) is 0 Å². The zero-order valence-corrected chi connectivity index (χ0v) is 17.7. The van der Waals surface area contributed by atoms with Crippen molar-refractivity contribution in [2.24, 2.45) is 5.73 Å². The Morgan fingerprint density at radius 3 is 2.43 bits per heavy atom. The first-order chi connectivity index (χ1) is 13.3. The molecule has 0 aliphatic carbocycles. The number of thioether (sulfide) groups is 1. The first-order valence-electron chi connectivity index (χ1n) is 9.09. The summed E-state index contributed by atoms with van der Waals surface area (Å²) in [4.78, 5) is 14.6. The Balaban J connectivity index is 1.49. The molecule has 1 aliphatic rings. The van der Waals surface area contributed by atoms with Gasteiger partial charge in [-0.1, -0.05) is 6.07 Å². The monoisotopic (exact) mass is 423 g/mol. The van der Waals surface area contributed by atoms with Gasteiger partial charge in [-0.25, -0.2) is 8.42 Å². The number of piperazine rings is 1. The molecule has 2 N–H and O–H groups in total. The molecule has 0 atom stereocenters. The molecule has 2 heterocycles. The van der Waals surface area contributed by atoms with Crippen LogP contribution in [0, 0.1) is 13.8 Å². The van der Waals surface area contributed by atoms with Crippen molar-refractivity contribution < 1.29 is 17.6 Å². The van der Waals surface area contributed by atoms with Crippen LogP contribution in [0.25, 0.3) is 0 Å². The van der Waals surface area contributed by atoms with Crippen molar-refractivity contribution in [2.45, 2.75) is 23.8 Å². The number of nitrogens with zero attached hydrogens (tertiary/aromatic N) is 2. The number of benzene rings is 1. The molecular formula is C19H25N3O4S2. The molecule has 152 valence electrons. The number of nitrogens with two attached hydrogens (primary N) is 1. The highest BCUT2D eigenvalue weighted by molar-refractivity contribution is 7.99. The molecule has 1 fully saturated rings. The first kappa shape index (κ1) is 20.9. The second kappa shape index (κ2) is 8.69. The van der Waals surface area contributed by atoms with Crippen LogP contribution in [0.4, 0.5) is 0 Å². The Kier molecular flexibility index (Phi) is 6.49. The van der Waals surface area contributed by atoms with Gasteiger partial charge in [0.15, 0.2) is 5.76 Å². The van der Waals surface area contributed by atoms with E-state index in [0.717, 1.165) is 12.3 Å². The SMILES string of the molecule is Cc1ccc(SCCN2CCN(S(=O)(=O)c3ccc(C(N)=O)o3)CC2)cc1C. The van der Waals surface area contributed by atoms with Crippen LogP contribution in [-0.4, -0.2) is 62.0 Å². The fourth-order valence-corrected chi connectivity index (χ4v) is 5.35. The number of primary amides is 1. The third-order valence-corrected chi connectivity index (χ3v) is 7.65. The van der Waals surface area contributed by atoms with Gasteiger partial charge in [0.25, 0.3) is 15.9 Å². The predicted octanol–water partition coefficient (Wildman–Crippen LogP) is 2.09. The zero-order chi connectivity index (χ0) is 20.3. The van der Waals surface area contributed by atoms with E-state index in [4.69, 9.17) is 10.2 Å². The Morgan fingerprint density at radius 2 is 1.82 bits per heavy atom. The van der Waals surface area contributed by atoms with E-state index in [1.165, 1.54) is 32.5 Å². The molecule has 0 radical (unpaired) electrons. The van der Waals surface area contributed by atoms with E-state index in [1.807, 2.05) is 11.8 Å². The minimum absolute atomic E-state index is 0.152. The molecule has 1 aromatic carbocycles. The lowest BCUT2D eigenvalue weighted by atomic mass is 10.1. The highest BCUT2D eigenvalue weighted by Gasteiger charge is 2.31. The number of amides is 1. The van der Waals surface area contributed by atoms with Gasteiger partial charge >= 0.3 is 0 Å². The van der Waals surface area contributed by atoms with E-state index in [9.17, 15) is 13.2 Å². The zero-order valence-electron chi connectivity index (χ0n) is 16.1. The largest absolute Gasteiger partial charge is 0.438 e. The number of rotatable bonds is 7. The van der Waals surface area contributed by atoms with Gasteiger partial charge in [-0.2, -0.15) is 4.31 Å². The predicted molar refractivity (Wildman–Crippen MR) is 109 cm³/mol. The summed E-state index contributed by atoms with van der Waals surface area (Å²) >= 11 is 1.81. The molecule has 1 aliphatic heterocycles. The van der Waals surface area contributed by atoms with Gasteiger partial charge < -0.3 is 10.2 Å².